The maximum Gasteiger partial charge on any atom is 0.274 e. The van der Waals surface area contributed by atoms with Gasteiger partial charge in [0.2, 0.25) is 0 Å². The fraction of sp³-hybridized carbons (Fsp3) is 0.375. The predicted molar refractivity (Wildman–Crippen MR) is 128 cm³/mol. The van der Waals surface area contributed by atoms with Crippen LogP contribution in [0.2, 0.25) is 0 Å². The quantitative estimate of drug-likeness (QED) is 0.354. The van der Waals surface area contributed by atoms with Crippen molar-refractivity contribution in [3.63, 3.8) is 0 Å². The van der Waals surface area contributed by atoms with Crippen LogP contribution in [0.1, 0.15) is 56.6 Å². The zero-order valence-corrected chi connectivity index (χ0v) is 19.6. The molecule has 3 aromatic rings. The highest BCUT2D eigenvalue weighted by molar-refractivity contribution is 7.17. The van der Waals surface area contributed by atoms with E-state index in [9.17, 15) is 14.7 Å². The largest absolute Gasteiger partial charge is 0.507 e. The molecule has 2 heterocycles. The molecule has 1 aliphatic carbocycles. The number of benzene rings is 1. The summed E-state index contributed by atoms with van der Waals surface area (Å²) in [5, 5.41) is 23.7. The lowest BCUT2D eigenvalue weighted by Gasteiger charge is -2.09. The van der Waals surface area contributed by atoms with E-state index in [4.69, 9.17) is 4.74 Å². The highest BCUT2D eigenvalue weighted by Crippen LogP contribution is 2.39. The standard InChI is InChI=1S/C24H28N4O4S/c1-3-32-12-6-11-25-23(31)20-16-9-5-10-19(16)33-24(20)26-22(30)18-13-17(27-28-18)15-8-4-7-14(2)21(15)29/h4,7-8,13,29H,3,5-6,9-12H2,1-2H3,(H,25,31)(H,26,30)(H,27,28). The van der Waals surface area contributed by atoms with Gasteiger partial charge in [0.25, 0.3) is 11.8 Å². The second kappa shape index (κ2) is 10.2. The Bertz CT molecular complexity index is 1170. The van der Waals surface area contributed by atoms with Gasteiger partial charge >= 0.3 is 0 Å². The van der Waals surface area contributed by atoms with Gasteiger partial charge in [-0.2, -0.15) is 5.10 Å². The number of rotatable bonds is 9. The molecule has 0 bridgehead atoms. The summed E-state index contributed by atoms with van der Waals surface area (Å²) < 4.78 is 5.32. The van der Waals surface area contributed by atoms with E-state index in [1.54, 1.807) is 25.1 Å². The van der Waals surface area contributed by atoms with Gasteiger partial charge in [0.15, 0.2) is 0 Å². The molecule has 4 rings (SSSR count). The Morgan fingerprint density at radius 3 is 2.94 bits per heavy atom. The van der Waals surface area contributed by atoms with Crippen molar-refractivity contribution in [2.45, 2.75) is 39.5 Å². The van der Waals surface area contributed by atoms with Crippen molar-refractivity contribution in [2.24, 2.45) is 0 Å². The van der Waals surface area contributed by atoms with Gasteiger partial charge in [-0.25, -0.2) is 0 Å². The van der Waals surface area contributed by atoms with E-state index < -0.39 is 0 Å². The number of H-pyrrole nitrogens is 1. The Labute approximate surface area is 196 Å². The molecule has 0 aliphatic heterocycles. The minimum atomic E-state index is -0.383. The molecule has 1 aromatic carbocycles. The van der Waals surface area contributed by atoms with Crippen molar-refractivity contribution in [1.29, 1.82) is 0 Å². The first-order chi connectivity index (χ1) is 16.0. The molecule has 1 aliphatic rings. The van der Waals surface area contributed by atoms with E-state index in [1.807, 2.05) is 13.0 Å². The number of anilines is 1. The molecule has 9 heteroatoms. The molecule has 0 spiro atoms. The number of hydrogen-bond acceptors (Lipinski definition) is 6. The van der Waals surface area contributed by atoms with Crippen molar-refractivity contribution in [1.82, 2.24) is 15.5 Å². The van der Waals surface area contributed by atoms with Crippen molar-refractivity contribution in [3.05, 3.63) is 51.5 Å². The number of phenolic OH excluding ortho intramolecular Hbond substituents is 1. The Balaban J connectivity index is 1.50. The number of carbonyl (C=O) groups excluding carboxylic acids is 2. The van der Waals surface area contributed by atoms with Crippen LogP contribution >= 0.6 is 11.3 Å². The summed E-state index contributed by atoms with van der Waals surface area (Å²) in [6.07, 6.45) is 3.51. The van der Waals surface area contributed by atoms with Crippen molar-refractivity contribution in [2.75, 3.05) is 25.1 Å². The summed E-state index contributed by atoms with van der Waals surface area (Å²) in [6.45, 7) is 5.51. The van der Waals surface area contributed by atoms with E-state index in [2.05, 4.69) is 20.8 Å². The molecule has 2 amide bonds. The third kappa shape index (κ3) is 4.94. The van der Waals surface area contributed by atoms with Crippen LogP contribution in [0.4, 0.5) is 5.00 Å². The highest BCUT2D eigenvalue weighted by Gasteiger charge is 2.28. The van der Waals surface area contributed by atoms with Gasteiger partial charge < -0.3 is 20.5 Å². The third-order valence-electron chi connectivity index (χ3n) is 5.67. The Kier molecular flexibility index (Phi) is 7.10. The first kappa shape index (κ1) is 23.0. The predicted octanol–water partition coefficient (Wildman–Crippen LogP) is 4.05. The number of nitrogens with one attached hydrogen (secondary N) is 3. The van der Waals surface area contributed by atoms with Crippen LogP contribution in [0.15, 0.2) is 24.3 Å². The van der Waals surface area contributed by atoms with Crippen LogP contribution in [0.25, 0.3) is 11.3 Å². The topological polar surface area (TPSA) is 116 Å². The van der Waals surface area contributed by atoms with Gasteiger partial charge in [-0.3, -0.25) is 14.7 Å². The summed E-state index contributed by atoms with van der Waals surface area (Å²) in [7, 11) is 0. The maximum atomic E-state index is 13.0. The number of aromatic hydroxyl groups is 1. The highest BCUT2D eigenvalue weighted by atomic mass is 32.1. The molecule has 0 unspecified atom stereocenters. The lowest BCUT2D eigenvalue weighted by molar-refractivity contribution is 0.0944. The fourth-order valence-corrected chi connectivity index (χ4v) is 5.24. The number of para-hydroxylation sites is 1. The van der Waals surface area contributed by atoms with Crippen LogP contribution < -0.4 is 10.6 Å². The molecule has 0 saturated heterocycles. The lowest BCUT2D eigenvalue weighted by Crippen LogP contribution is -2.27. The molecule has 0 atom stereocenters. The maximum absolute atomic E-state index is 13.0. The fourth-order valence-electron chi connectivity index (χ4n) is 3.95. The molecule has 0 radical (unpaired) electrons. The van der Waals surface area contributed by atoms with Crippen LogP contribution in [0.5, 0.6) is 5.75 Å². The molecule has 8 nitrogen and oxygen atoms in total. The van der Waals surface area contributed by atoms with Gasteiger partial charge in [-0.1, -0.05) is 12.1 Å². The second-order valence-electron chi connectivity index (χ2n) is 7.96. The number of thiophene rings is 1. The summed E-state index contributed by atoms with van der Waals surface area (Å²) in [6, 6.07) is 6.97. The second-order valence-corrected chi connectivity index (χ2v) is 9.07. The number of fused-ring (bicyclic) bond motifs is 1. The molecule has 33 heavy (non-hydrogen) atoms. The normalized spacial score (nSPS) is 12.5. The average Bonchev–Trinajstić information content (AvgIpc) is 3.51. The Morgan fingerprint density at radius 2 is 2.12 bits per heavy atom. The monoisotopic (exact) mass is 468 g/mol. The lowest BCUT2D eigenvalue weighted by atomic mass is 10.1. The van der Waals surface area contributed by atoms with E-state index >= 15 is 0 Å². The number of ether oxygens (including phenoxy) is 1. The zero-order chi connectivity index (χ0) is 23.4. The first-order valence-electron chi connectivity index (χ1n) is 11.2. The van der Waals surface area contributed by atoms with Gasteiger partial charge in [-0.05, 0) is 62.8 Å². The molecule has 4 N–H and O–H groups in total. The summed E-state index contributed by atoms with van der Waals surface area (Å²) in [5.74, 6) is -0.420. The van der Waals surface area contributed by atoms with E-state index in [0.29, 0.717) is 41.6 Å². The van der Waals surface area contributed by atoms with E-state index in [0.717, 1.165) is 41.7 Å². The summed E-state index contributed by atoms with van der Waals surface area (Å²) in [4.78, 5) is 27.1. The number of hydrogen-bond donors (Lipinski definition) is 4. The smallest absolute Gasteiger partial charge is 0.274 e. The Hall–Kier alpha value is -3.17. The molecular weight excluding hydrogens is 440 g/mol. The summed E-state index contributed by atoms with van der Waals surface area (Å²) in [5.41, 5.74) is 3.60. The molecule has 174 valence electrons. The minimum Gasteiger partial charge on any atom is -0.507 e. The SMILES string of the molecule is CCOCCCNC(=O)c1c(NC(=O)c2cc(-c3cccc(C)c3O)n[nH]2)sc2c1CCC2. The van der Waals surface area contributed by atoms with E-state index in [-0.39, 0.29) is 23.3 Å². The number of aryl methyl sites for hydroxylation is 2. The van der Waals surface area contributed by atoms with Crippen molar-refractivity contribution in [3.8, 4) is 17.0 Å². The number of carbonyl (C=O) groups is 2. The van der Waals surface area contributed by atoms with Gasteiger partial charge in [0.1, 0.15) is 16.4 Å². The third-order valence-corrected chi connectivity index (χ3v) is 6.87. The van der Waals surface area contributed by atoms with Crippen LogP contribution in [-0.2, 0) is 17.6 Å². The van der Waals surface area contributed by atoms with Crippen LogP contribution in [0.3, 0.4) is 0 Å². The molecular formula is C24H28N4O4S. The number of aromatic amines is 1. The van der Waals surface area contributed by atoms with Crippen molar-refractivity contribution >= 4 is 28.2 Å². The van der Waals surface area contributed by atoms with Gasteiger partial charge in [0.05, 0.1) is 11.3 Å². The van der Waals surface area contributed by atoms with Crippen LogP contribution in [-0.4, -0.2) is 46.9 Å². The number of nitrogens with zero attached hydrogens (tertiary/aromatic N) is 1. The first-order valence-corrected chi connectivity index (χ1v) is 12.0. The van der Waals surface area contributed by atoms with E-state index in [1.165, 1.54) is 11.3 Å². The molecule has 2 aromatic heterocycles. The number of aromatic nitrogens is 2. The average molecular weight is 469 g/mol. The summed E-state index contributed by atoms with van der Waals surface area (Å²) >= 11 is 1.46. The van der Waals surface area contributed by atoms with Crippen LogP contribution in [0, 0.1) is 6.92 Å². The van der Waals surface area contributed by atoms with Gasteiger partial charge in [0, 0.05) is 30.2 Å². The Morgan fingerprint density at radius 1 is 1.27 bits per heavy atom. The van der Waals surface area contributed by atoms with Crippen molar-refractivity contribution < 1.29 is 19.4 Å². The molecule has 0 saturated carbocycles. The minimum absolute atomic E-state index is 0.133. The number of amides is 2. The van der Waals surface area contributed by atoms with Gasteiger partial charge in [-0.15, -0.1) is 11.3 Å². The number of phenols is 1. The molecule has 0 fully saturated rings. The zero-order valence-electron chi connectivity index (χ0n) is 18.8.